The number of hydrogen-bond acceptors (Lipinski definition) is 8. The second-order valence-electron chi connectivity index (χ2n) is 8.42. The third-order valence-electron chi connectivity index (χ3n) is 5.72. The number of aliphatic imine (C=N–C) groups is 1. The number of aromatic nitrogens is 3. The molecule has 3 aromatic carbocycles. The number of nitrogens with two attached hydrogens (primary N) is 1. The number of allylic oxidation sites excluding steroid dienone is 1. The van der Waals surface area contributed by atoms with E-state index in [1.54, 1.807) is 43.9 Å². The number of hydrogen-bond donors (Lipinski definition) is 2. The molecule has 2 heterocycles. The van der Waals surface area contributed by atoms with Crippen LogP contribution in [0.3, 0.4) is 0 Å². The predicted molar refractivity (Wildman–Crippen MR) is 153 cm³/mol. The van der Waals surface area contributed by atoms with Crippen molar-refractivity contribution in [3.63, 3.8) is 0 Å². The highest BCUT2D eigenvalue weighted by Gasteiger charge is 2.15. The molecule has 2 aromatic heterocycles. The van der Waals surface area contributed by atoms with E-state index in [2.05, 4.69) is 24.7 Å². The van der Waals surface area contributed by atoms with Gasteiger partial charge in [-0.15, -0.1) is 0 Å². The molecule has 5 rings (SSSR count). The number of rotatable bonds is 8. The Kier molecular flexibility index (Phi) is 7.28. The third kappa shape index (κ3) is 5.91. The van der Waals surface area contributed by atoms with Crippen LogP contribution < -0.4 is 15.2 Å². The third-order valence-corrected chi connectivity index (χ3v) is 7.12. The molecule has 0 aliphatic rings. The Morgan fingerprint density at radius 1 is 0.897 bits per heavy atom. The van der Waals surface area contributed by atoms with Crippen molar-refractivity contribution in [2.75, 3.05) is 11.8 Å². The van der Waals surface area contributed by atoms with Crippen LogP contribution in [-0.2, 0) is 10.0 Å². The first kappa shape index (κ1) is 25.6. The van der Waals surface area contributed by atoms with Crippen LogP contribution in [0.15, 0.2) is 114 Å². The summed E-state index contributed by atoms with van der Waals surface area (Å²) in [5.41, 5.74) is 10.1. The molecule has 3 N–H and O–H groups in total. The Bertz CT molecular complexity index is 1790. The number of nitrogens with zero attached hydrogens (tertiary/aromatic N) is 4. The summed E-state index contributed by atoms with van der Waals surface area (Å²) in [6.45, 7) is 0. The van der Waals surface area contributed by atoms with Crippen LogP contribution in [0, 0.1) is 0 Å². The van der Waals surface area contributed by atoms with Gasteiger partial charge in [0.2, 0.25) is 0 Å². The number of sulfonamides is 1. The minimum absolute atomic E-state index is 0.0983. The van der Waals surface area contributed by atoms with E-state index in [9.17, 15) is 8.42 Å². The van der Waals surface area contributed by atoms with Crippen molar-refractivity contribution in [3.8, 4) is 22.6 Å². The van der Waals surface area contributed by atoms with E-state index < -0.39 is 10.0 Å². The fourth-order valence-corrected chi connectivity index (χ4v) is 4.88. The van der Waals surface area contributed by atoms with E-state index in [4.69, 9.17) is 10.5 Å². The van der Waals surface area contributed by atoms with Gasteiger partial charge in [-0.3, -0.25) is 19.7 Å². The van der Waals surface area contributed by atoms with Crippen molar-refractivity contribution in [2.45, 2.75) is 4.90 Å². The average Bonchev–Trinajstić information content (AvgIpc) is 2.96. The van der Waals surface area contributed by atoms with E-state index in [0.717, 1.165) is 5.56 Å². The fourth-order valence-electron chi connectivity index (χ4n) is 3.84. The number of anilines is 1. The van der Waals surface area contributed by atoms with Gasteiger partial charge < -0.3 is 10.5 Å². The van der Waals surface area contributed by atoms with Crippen LogP contribution in [0.4, 0.5) is 5.69 Å². The molecular formula is C29H24N6O3S. The highest BCUT2D eigenvalue weighted by molar-refractivity contribution is 7.92. The number of nitrogens with one attached hydrogen (secondary N) is 1. The zero-order chi connectivity index (χ0) is 27.2. The molecular weight excluding hydrogens is 512 g/mol. The molecule has 0 atom stereocenters. The lowest BCUT2D eigenvalue weighted by molar-refractivity contribution is 0.482. The van der Waals surface area contributed by atoms with Crippen LogP contribution >= 0.6 is 0 Å². The molecule has 10 heteroatoms. The Hall–Kier alpha value is -5.09. The minimum atomic E-state index is -3.86. The van der Waals surface area contributed by atoms with Crippen LogP contribution in [0.25, 0.3) is 27.7 Å². The molecule has 0 fully saturated rings. The Morgan fingerprint density at radius 2 is 1.67 bits per heavy atom. The van der Waals surface area contributed by atoms with Crippen molar-refractivity contribution in [2.24, 2.45) is 10.7 Å². The zero-order valence-electron chi connectivity index (χ0n) is 20.9. The summed E-state index contributed by atoms with van der Waals surface area (Å²) < 4.78 is 34.5. The SMILES string of the molecule is CN=C/C(=C\N)c1cnc2ccc(-c3cncc(NS(=O)(=O)c4ccc(Oc5ccccc5)cc4)c3)cc2n1. The van der Waals surface area contributed by atoms with Crippen LogP contribution in [0.1, 0.15) is 5.69 Å². The lowest BCUT2D eigenvalue weighted by atomic mass is 10.1. The molecule has 0 aliphatic heterocycles. The summed E-state index contributed by atoms with van der Waals surface area (Å²) in [5, 5.41) is 0. The van der Waals surface area contributed by atoms with Gasteiger partial charge in [0.25, 0.3) is 10.0 Å². The molecule has 0 amide bonds. The first-order chi connectivity index (χ1) is 18.9. The summed E-state index contributed by atoms with van der Waals surface area (Å²) in [7, 11) is -2.21. The van der Waals surface area contributed by atoms with Gasteiger partial charge in [-0.25, -0.2) is 13.4 Å². The first-order valence-electron chi connectivity index (χ1n) is 11.9. The molecule has 0 spiro atoms. The van der Waals surface area contributed by atoms with Crippen molar-refractivity contribution in [1.82, 2.24) is 15.0 Å². The Balaban J connectivity index is 1.37. The van der Waals surface area contributed by atoms with E-state index in [1.807, 2.05) is 48.5 Å². The maximum atomic E-state index is 13.1. The lowest BCUT2D eigenvalue weighted by Crippen LogP contribution is -2.13. The van der Waals surface area contributed by atoms with E-state index in [0.29, 0.717) is 45.1 Å². The molecule has 194 valence electrons. The monoisotopic (exact) mass is 536 g/mol. The lowest BCUT2D eigenvalue weighted by Gasteiger charge is -2.11. The number of pyridine rings is 1. The van der Waals surface area contributed by atoms with Gasteiger partial charge in [0.05, 0.1) is 39.7 Å². The van der Waals surface area contributed by atoms with Crippen LogP contribution in [0.5, 0.6) is 11.5 Å². The number of benzene rings is 3. The largest absolute Gasteiger partial charge is 0.457 e. The van der Waals surface area contributed by atoms with Gasteiger partial charge in [0, 0.05) is 36.8 Å². The highest BCUT2D eigenvalue weighted by atomic mass is 32.2. The number of ether oxygens (including phenoxy) is 1. The van der Waals surface area contributed by atoms with Gasteiger partial charge in [0.1, 0.15) is 11.5 Å². The van der Waals surface area contributed by atoms with Gasteiger partial charge in [0.15, 0.2) is 0 Å². The van der Waals surface area contributed by atoms with Crippen molar-refractivity contribution < 1.29 is 13.2 Å². The smallest absolute Gasteiger partial charge is 0.261 e. The summed E-state index contributed by atoms with van der Waals surface area (Å²) in [5.74, 6) is 1.19. The molecule has 0 radical (unpaired) electrons. The first-order valence-corrected chi connectivity index (χ1v) is 13.4. The molecule has 9 nitrogen and oxygen atoms in total. The highest BCUT2D eigenvalue weighted by Crippen LogP contribution is 2.27. The van der Waals surface area contributed by atoms with Crippen LogP contribution in [-0.4, -0.2) is 36.6 Å². The second-order valence-corrected chi connectivity index (χ2v) is 10.1. The summed E-state index contributed by atoms with van der Waals surface area (Å²) in [4.78, 5) is 17.5. The predicted octanol–water partition coefficient (Wildman–Crippen LogP) is 5.29. The quantitative estimate of drug-likeness (QED) is 0.258. The zero-order valence-corrected chi connectivity index (χ0v) is 21.7. The van der Waals surface area contributed by atoms with Crippen molar-refractivity contribution in [3.05, 3.63) is 109 Å². The second kappa shape index (κ2) is 11.1. The Labute approximate surface area is 225 Å². The van der Waals surface area contributed by atoms with Gasteiger partial charge in [-0.05, 0) is 60.2 Å². The summed E-state index contributed by atoms with van der Waals surface area (Å²) >= 11 is 0. The van der Waals surface area contributed by atoms with E-state index >= 15 is 0 Å². The fraction of sp³-hybridized carbons (Fsp3) is 0.0345. The molecule has 0 unspecified atom stereocenters. The normalized spacial score (nSPS) is 12.1. The molecule has 0 bridgehead atoms. The van der Waals surface area contributed by atoms with Crippen molar-refractivity contribution in [1.29, 1.82) is 0 Å². The number of para-hydroxylation sites is 1. The maximum Gasteiger partial charge on any atom is 0.261 e. The maximum absolute atomic E-state index is 13.1. The Morgan fingerprint density at radius 3 is 2.41 bits per heavy atom. The summed E-state index contributed by atoms with van der Waals surface area (Å²) in [6.07, 6.45) is 7.79. The topological polar surface area (TPSA) is 132 Å². The van der Waals surface area contributed by atoms with E-state index in [1.165, 1.54) is 24.5 Å². The standard InChI is InChI=1S/C29H24N6O3S/c1-31-16-22(15-30)29-19-33-27-12-7-20(14-28(27)34-29)21-13-23(18-32-17-21)35-39(36,37)26-10-8-25(9-11-26)38-24-5-3-2-4-6-24/h2-19,35H,30H2,1H3/b22-15+,31-16?. The molecule has 39 heavy (non-hydrogen) atoms. The molecule has 5 aromatic rings. The molecule has 0 aliphatic carbocycles. The average molecular weight is 537 g/mol. The molecule has 0 saturated heterocycles. The van der Waals surface area contributed by atoms with Crippen molar-refractivity contribution >= 4 is 38.5 Å². The molecule has 0 saturated carbocycles. The van der Waals surface area contributed by atoms with Gasteiger partial charge in [-0.1, -0.05) is 24.3 Å². The van der Waals surface area contributed by atoms with E-state index in [-0.39, 0.29) is 4.90 Å². The van der Waals surface area contributed by atoms with Crippen LogP contribution in [0.2, 0.25) is 0 Å². The summed E-state index contributed by atoms with van der Waals surface area (Å²) in [6, 6.07) is 22.8. The minimum Gasteiger partial charge on any atom is -0.457 e. The van der Waals surface area contributed by atoms with Gasteiger partial charge in [-0.2, -0.15) is 0 Å². The van der Waals surface area contributed by atoms with Gasteiger partial charge >= 0.3 is 0 Å². The number of fused-ring (bicyclic) bond motifs is 1.